The summed E-state index contributed by atoms with van der Waals surface area (Å²) in [6.45, 7) is -0.525. The molecule has 2 N–H and O–H groups in total. The predicted octanol–water partition coefficient (Wildman–Crippen LogP) is 2.99. The topological polar surface area (TPSA) is 88.4 Å². The first-order valence-electron chi connectivity index (χ1n) is 8.02. The smallest absolute Gasteiger partial charge is 0.323 e. The van der Waals surface area contributed by atoms with Crippen molar-refractivity contribution in [2.45, 2.75) is 6.54 Å². The van der Waals surface area contributed by atoms with E-state index in [1.807, 2.05) is 6.07 Å². The maximum Gasteiger partial charge on any atom is 0.323 e. The number of halogens is 1. The Bertz CT molecular complexity index is 1060. The van der Waals surface area contributed by atoms with Gasteiger partial charge in [0.1, 0.15) is 12.4 Å². The van der Waals surface area contributed by atoms with Gasteiger partial charge in [-0.1, -0.05) is 36.4 Å². The molecule has 0 fully saturated rings. The van der Waals surface area contributed by atoms with Gasteiger partial charge >= 0.3 is 5.97 Å². The molecule has 0 bridgehead atoms. The Hall–Kier alpha value is -3.74. The molecule has 6 nitrogen and oxygen atoms in total. The zero-order valence-electron chi connectivity index (χ0n) is 14.1. The number of hydrogen-bond donors (Lipinski definition) is 2. The van der Waals surface area contributed by atoms with Gasteiger partial charge in [-0.05, 0) is 23.8 Å². The summed E-state index contributed by atoms with van der Waals surface area (Å²) < 4.78 is 15.4. The highest BCUT2D eigenvalue weighted by atomic mass is 19.1. The Morgan fingerprint density at radius 2 is 1.78 bits per heavy atom. The SMILES string of the molecule is O=C(O)Cn1cc(NC(=O)c2ccc(-c3ccccc3)c(F)c2)ccc1=O. The Morgan fingerprint density at radius 3 is 2.44 bits per heavy atom. The number of anilines is 1. The maximum absolute atomic E-state index is 14.4. The average molecular weight is 366 g/mol. The van der Waals surface area contributed by atoms with Crippen LogP contribution in [0.3, 0.4) is 0 Å². The number of amides is 1. The monoisotopic (exact) mass is 366 g/mol. The summed E-state index contributed by atoms with van der Waals surface area (Å²) in [6, 6.07) is 15.6. The summed E-state index contributed by atoms with van der Waals surface area (Å²) in [5.74, 6) is -2.29. The third-order valence-corrected chi connectivity index (χ3v) is 3.86. The highest BCUT2D eigenvalue weighted by Gasteiger charge is 2.12. The summed E-state index contributed by atoms with van der Waals surface area (Å²) in [5.41, 5.74) is 0.898. The summed E-state index contributed by atoms with van der Waals surface area (Å²) >= 11 is 0. The molecule has 7 heteroatoms. The van der Waals surface area contributed by atoms with Gasteiger partial charge in [-0.2, -0.15) is 0 Å². The van der Waals surface area contributed by atoms with Crippen molar-refractivity contribution in [1.82, 2.24) is 4.57 Å². The molecule has 1 amide bonds. The van der Waals surface area contributed by atoms with Crippen LogP contribution < -0.4 is 10.9 Å². The number of carboxylic acid groups (broad SMARTS) is 1. The second kappa shape index (κ2) is 7.65. The van der Waals surface area contributed by atoms with E-state index in [0.29, 0.717) is 11.1 Å². The first-order valence-corrected chi connectivity index (χ1v) is 8.02. The molecule has 0 saturated carbocycles. The van der Waals surface area contributed by atoms with Crippen LogP contribution in [-0.4, -0.2) is 21.6 Å². The van der Waals surface area contributed by atoms with Gasteiger partial charge in [0, 0.05) is 23.4 Å². The van der Waals surface area contributed by atoms with E-state index in [1.54, 1.807) is 24.3 Å². The zero-order chi connectivity index (χ0) is 19.4. The third kappa shape index (κ3) is 4.27. The van der Waals surface area contributed by atoms with Gasteiger partial charge in [-0.25, -0.2) is 4.39 Å². The highest BCUT2D eigenvalue weighted by Crippen LogP contribution is 2.23. The fourth-order valence-electron chi connectivity index (χ4n) is 2.59. The number of carbonyl (C=O) groups is 2. The molecule has 0 spiro atoms. The second-order valence-electron chi connectivity index (χ2n) is 5.79. The minimum atomic E-state index is -1.18. The van der Waals surface area contributed by atoms with Crippen LogP contribution in [0.2, 0.25) is 0 Å². The molecule has 0 atom stereocenters. The van der Waals surface area contributed by atoms with Crippen molar-refractivity contribution in [3.8, 4) is 11.1 Å². The van der Waals surface area contributed by atoms with Crippen LogP contribution in [0.25, 0.3) is 11.1 Å². The standard InChI is InChI=1S/C20H15FN2O4/c21-17-10-14(6-8-16(17)13-4-2-1-3-5-13)20(27)22-15-7-9-18(24)23(11-15)12-19(25)26/h1-11H,12H2,(H,22,27)(H,25,26). The normalized spacial score (nSPS) is 10.4. The predicted molar refractivity (Wildman–Crippen MR) is 98.1 cm³/mol. The lowest BCUT2D eigenvalue weighted by atomic mass is 10.0. The van der Waals surface area contributed by atoms with E-state index in [0.717, 1.165) is 16.7 Å². The van der Waals surface area contributed by atoms with Crippen LogP contribution in [-0.2, 0) is 11.3 Å². The molecule has 0 radical (unpaired) electrons. The Balaban J connectivity index is 1.82. The average Bonchev–Trinajstić information content (AvgIpc) is 2.64. The second-order valence-corrected chi connectivity index (χ2v) is 5.79. The van der Waals surface area contributed by atoms with E-state index >= 15 is 0 Å². The van der Waals surface area contributed by atoms with Crippen LogP contribution in [0, 0.1) is 5.82 Å². The van der Waals surface area contributed by atoms with E-state index in [4.69, 9.17) is 5.11 Å². The van der Waals surface area contributed by atoms with Crippen molar-refractivity contribution in [1.29, 1.82) is 0 Å². The number of carboxylic acids is 1. The molecule has 1 heterocycles. The third-order valence-electron chi connectivity index (χ3n) is 3.86. The van der Waals surface area contributed by atoms with Crippen LogP contribution in [0.1, 0.15) is 10.4 Å². The van der Waals surface area contributed by atoms with E-state index < -0.39 is 29.8 Å². The number of nitrogens with zero attached hydrogens (tertiary/aromatic N) is 1. The number of aromatic nitrogens is 1. The van der Waals surface area contributed by atoms with Crippen LogP contribution in [0.5, 0.6) is 0 Å². The molecule has 3 aromatic rings. The molecule has 136 valence electrons. The largest absolute Gasteiger partial charge is 0.480 e. The molecule has 0 aliphatic rings. The molecule has 0 aliphatic carbocycles. The van der Waals surface area contributed by atoms with E-state index in [1.165, 1.54) is 24.4 Å². The van der Waals surface area contributed by atoms with E-state index in [9.17, 15) is 18.8 Å². The number of carbonyl (C=O) groups excluding carboxylic acids is 1. The number of rotatable bonds is 5. The van der Waals surface area contributed by atoms with Crippen molar-refractivity contribution >= 4 is 17.6 Å². The van der Waals surface area contributed by atoms with Gasteiger partial charge in [0.2, 0.25) is 0 Å². The Morgan fingerprint density at radius 1 is 1.04 bits per heavy atom. The molecule has 3 rings (SSSR count). The molecule has 0 unspecified atom stereocenters. The first kappa shape index (κ1) is 18.1. The van der Waals surface area contributed by atoms with Crippen molar-refractivity contribution in [3.05, 3.63) is 88.6 Å². The van der Waals surface area contributed by atoms with Crippen LogP contribution in [0.4, 0.5) is 10.1 Å². The minimum absolute atomic E-state index is 0.100. The molecule has 27 heavy (non-hydrogen) atoms. The molecule has 0 aliphatic heterocycles. The number of hydrogen-bond acceptors (Lipinski definition) is 3. The van der Waals surface area contributed by atoms with Gasteiger partial charge in [-0.15, -0.1) is 0 Å². The highest BCUT2D eigenvalue weighted by molar-refractivity contribution is 6.04. The van der Waals surface area contributed by atoms with Crippen LogP contribution in [0.15, 0.2) is 71.7 Å². The molecular formula is C20H15FN2O4. The van der Waals surface area contributed by atoms with Gasteiger partial charge in [0.25, 0.3) is 11.5 Å². The van der Waals surface area contributed by atoms with Crippen molar-refractivity contribution in [2.24, 2.45) is 0 Å². The van der Waals surface area contributed by atoms with Crippen LogP contribution >= 0.6 is 0 Å². The quantitative estimate of drug-likeness (QED) is 0.727. The summed E-state index contributed by atoms with van der Waals surface area (Å²) in [6.07, 6.45) is 1.23. The number of benzene rings is 2. The summed E-state index contributed by atoms with van der Waals surface area (Å²) in [5, 5.41) is 11.3. The summed E-state index contributed by atoms with van der Waals surface area (Å²) in [4.78, 5) is 34.7. The van der Waals surface area contributed by atoms with Gasteiger partial charge in [0.05, 0.1) is 5.69 Å². The van der Waals surface area contributed by atoms with Crippen molar-refractivity contribution in [2.75, 3.05) is 5.32 Å². The fourth-order valence-corrected chi connectivity index (χ4v) is 2.59. The Kier molecular flexibility index (Phi) is 5.12. The van der Waals surface area contributed by atoms with Gasteiger partial charge in [0.15, 0.2) is 0 Å². The maximum atomic E-state index is 14.4. The molecule has 2 aromatic carbocycles. The van der Waals surface area contributed by atoms with Gasteiger partial charge < -0.3 is 15.0 Å². The lowest BCUT2D eigenvalue weighted by Gasteiger charge is -2.09. The van der Waals surface area contributed by atoms with E-state index in [-0.39, 0.29) is 11.3 Å². The molecule has 0 saturated heterocycles. The number of pyridine rings is 1. The van der Waals surface area contributed by atoms with Crippen molar-refractivity contribution < 1.29 is 19.1 Å². The minimum Gasteiger partial charge on any atom is -0.480 e. The lowest BCUT2D eigenvalue weighted by molar-refractivity contribution is -0.137. The fraction of sp³-hybridized carbons (Fsp3) is 0.0500. The zero-order valence-corrected chi connectivity index (χ0v) is 14.1. The van der Waals surface area contributed by atoms with E-state index in [2.05, 4.69) is 5.32 Å². The number of aliphatic carboxylic acids is 1. The Labute approximate surface area is 153 Å². The first-order chi connectivity index (χ1) is 12.9. The summed E-state index contributed by atoms with van der Waals surface area (Å²) in [7, 11) is 0. The van der Waals surface area contributed by atoms with Crippen molar-refractivity contribution in [3.63, 3.8) is 0 Å². The lowest BCUT2D eigenvalue weighted by Crippen LogP contribution is -2.24. The van der Waals surface area contributed by atoms with Gasteiger partial charge in [-0.3, -0.25) is 14.4 Å². The molecular weight excluding hydrogens is 351 g/mol. The molecule has 1 aromatic heterocycles. The number of nitrogens with one attached hydrogen (secondary N) is 1.